The van der Waals surface area contributed by atoms with Crippen molar-refractivity contribution in [1.29, 1.82) is 0 Å². The number of unbranched alkanes of at least 4 members (excludes halogenated alkanes) is 60. The number of hydrogen-bond donors (Lipinski definition) is 6. The molecule has 0 aliphatic carbocycles. The highest BCUT2D eigenvalue weighted by Gasteiger charge is 2.44. The molecule has 0 bridgehead atoms. The second kappa shape index (κ2) is 69.5. The number of rotatable bonds is 72. The molecule has 1 amide bonds. The van der Waals surface area contributed by atoms with Crippen molar-refractivity contribution in [1.82, 2.24) is 5.32 Å². The van der Waals surface area contributed by atoms with Crippen LogP contribution in [0.4, 0.5) is 0 Å². The summed E-state index contributed by atoms with van der Waals surface area (Å²) in [6.45, 7) is 3.84. The number of ether oxygens (including phenoxy) is 2. The van der Waals surface area contributed by atoms with Crippen LogP contribution in [0.3, 0.4) is 0 Å². The van der Waals surface area contributed by atoms with Gasteiger partial charge in [0.2, 0.25) is 5.91 Å². The average molecular weight is 1260 g/mol. The molecular formula is C80H155NO8. The first kappa shape index (κ1) is 85.7. The van der Waals surface area contributed by atoms with Crippen LogP contribution in [-0.4, -0.2) is 87.5 Å². The van der Waals surface area contributed by atoms with Crippen LogP contribution in [0, 0.1) is 0 Å². The third-order valence-electron chi connectivity index (χ3n) is 19.5. The second-order valence-corrected chi connectivity index (χ2v) is 28.2. The van der Waals surface area contributed by atoms with Crippen molar-refractivity contribution in [2.45, 2.75) is 468 Å². The quantitative estimate of drug-likeness (QED) is 0.0261. The summed E-state index contributed by atoms with van der Waals surface area (Å²) in [5, 5.41) is 54.9. The van der Waals surface area contributed by atoms with E-state index in [9.17, 15) is 30.3 Å². The summed E-state index contributed by atoms with van der Waals surface area (Å²) in [6.07, 6.45) is 86.3. The lowest BCUT2D eigenvalue weighted by Gasteiger charge is -2.40. The molecule has 1 rings (SSSR count). The van der Waals surface area contributed by atoms with Crippen LogP contribution < -0.4 is 5.32 Å². The molecule has 1 fully saturated rings. The van der Waals surface area contributed by atoms with Gasteiger partial charge in [-0.3, -0.25) is 4.79 Å². The van der Waals surface area contributed by atoms with Crippen molar-refractivity contribution in [2.24, 2.45) is 0 Å². The van der Waals surface area contributed by atoms with Gasteiger partial charge in [-0.2, -0.15) is 0 Å². The largest absolute Gasteiger partial charge is 0.394 e. The monoisotopic (exact) mass is 1260 g/mol. The maximum atomic E-state index is 13.2. The Hall–Kier alpha value is -1.33. The summed E-state index contributed by atoms with van der Waals surface area (Å²) in [4.78, 5) is 13.2. The molecule has 0 radical (unpaired) electrons. The number of aliphatic hydroxyl groups excluding tert-OH is 5. The van der Waals surface area contributed by atoms with Crippen molar-refractivity contribution in [3.8, 4) is 0 Å². The van der Waals surface area contributed by atoms with Gasteiger partial charge in [0.1, 0.15) is 24.4 Å². The van der Waals surface area contributed by atoms with Crippen LogP contribution in [-0.2, 0) is 14.3 Å². The van der Waals surface area contributed by atoms with Crippen molar-refractivity contribution < 1.29 is 39.8 Å². The van der Waals surface area contributed by atoms with Crippen LogP contribution >= 0.6 is 0 Å². The summed E-state index contributed by atoms with van der Waals surface area (Å²) in [7, 11) is 0. The summed E-state index contributed by atoms with van der Waals surface area (Å²) in [5.74, 6) is -0.176. The highest BCUT2D eigenvalue weighted by molar-refractivity contribution is 5.76. The topological polar surface area (TPSA) is 149 Å². The van der Waals surface area contributed by atoms with E-state index >= 15 is 0 Å². The van der Waals surface area contributed by atoms with Gasteiger partial charge in [-0.15, -0.1) is 0 Å². The smallest absolute Gasteiger partial charge is 0.220 e. The molecule has 1 aliphatic rings. The van der Waals surface area contributed by atoms with Crippen molar-refractivity contribution in [2.75, 3.05) is 13.2 Å². The third-order valence-corrected chi connectivity index (χ3v) is 19.5. The van der Waals surface area contributed by atoms with Gasteiger partial charge in [-0.1, -0.05) is 411 Å². The van der Waals surface area contributed by atoms with Gasteiger partial charge >= 0.3 is 0 Å². The predicted octanol–water partition coefficient (Wildman–Crippen LogP) is 22.8. The third kappa shape index (κ3) is 57.8. The molecular weight excluding hydrogens is 1100 g/mol. The minimum atomic E-state index is -1.57. The number of allylic oxidation sites excluding steroid dienone is 3. The lowest BCUT2D eigenvalue weighted by atomic mass is 9.99. The van der Waals surface area contributed by atoms with Gasteiger partial charge in [0.05, 0.1) is 25.4 Å². The molecule has 7 unspecified atom stereocenters. The zero-order valence-corrected chi connectivity index (χ0v) is 59.5. The summed E-state index contributed by atoms with van der Waals surface area (Å²) in [6, 6.07) is -0.821. The molecule has 1 saturated heterocycles. The summed E-state index contributed by atoms with van der Waals surface area (Å²) >= 11 is 0. The van der Waals surface area contributed by atoms with Crippen molar-refractivity contribution in [3.05, 3.63) is 24.3 Å². The minimum absolute atomic E-state index is 0.176. The fraction of sp³-hybridized carbons (Fsp3) is 0.938. The van der Waals surface area contributed by atoms with Crippen molar-refractivity contribution >= 4 is 5.91 Å². The zero-order chi connectivity index (χ0) is 64.2. The lowest BCUT2D eigenvalue weighted by molar-refractivity contribution is -0.302. The van der Waals surface area contributed by atoms with E-state index in [1.165, 1.54) is 366 Å². The van der Waals surface area contributed by atoms with Crippen LogP contribution in [0.2, 0.25) is 0 Å². The van der Waals surface area contributed by atoms with E-state index in [-0.39, 0.29) is 12.5 Å². The Balaban J connectivity index is 2.05. The highest BCUT2D eigenvalue weighted by Crippen LogP contribution is 2.24. The molecule has 1 heterocycles. The maximum Gasteiger partial charge on any atom is 0.220 e. The Morgan fingerprint density at radius 1 is 0.371 bits per heavy atom. The normalized spacial score (nSPS) is 17.9. The van der Waals surface area contributed by atoms with E-state index in [1.807, 2.05) is 6.08 Å². The SMILES string of the molecule is CCCCCCCCCCCCCCCCCCCCCCC/C=C/CC/C=C/C(O)C(COC1OC(CO)C(O)C(O)C1O)NC(=O)CCCCCCCCCCCCCCCCCCCCCCCCCCCCCCCCCCCCCCCCC. The van der Waals surface area contributed by atoms with Gasteiger partial charge in [0.25, 0.3) is 0 Å². The molecule has 0 saturated carbocycles. The molecule has 0 aromatic rings. The molecule has 0 aromatic heterocycles. The fourth-order valence-electron chi connectivity index (χ4n) is 13.3. The average Bonchev–Trinajstić information content (AvgIpc) is 3.72. The van der Waals surface area contributed by atoms with E-state index in [0.29, 0.717) is 6.42 Å². The Bertz CT molecular complexity index is 1460. The first-order valence-corrected chi connectivity index (χ1v) is 40.1. The van der Waals surface area contributed by atoms with Crippen LogP contribution in [0.15, 0.2) is 24.3 Å². The van der Waals surface area contributed by atoms with Gasteiger partial charge in [0, 0.05) is 6.42 Å². The first-order valence-electron chi connectivity index (χ1n) is 40.1. The van der Waals surface area contributed by atoms with E-state index in [1.54, 1.807) is 6.08 Å². The summed E-state index contributed by atoms with van der Waals surface area (Å²) in [5.41, 5.74) is 0. The zero-order valence-electron chi connectivity index (χ0n) is 59.5. The van der Waals surface area contributed by atoms with Gasteiger partial charge < -0.3 is 40.3 Å². The number of nitrogens with one attached hydrogen (secondary N) is 1. The lowest BCUT2D eigenvalue weighted by Crippen LogP contribution is -2.60. The predicted molar refractivity (Wildman–Crippen MR) is 383 cm³/mol. The summed E-state index contributed by atoms with van der Waals surface area (Å²) < 4.78 is 11.3. The Kier molecular flexibility index (Phi) is 66.9. The van der Waals surface area contributed by atoms with E-state index < -0.39 is 49.5 Å². The van der Waals surface area contributed by atoms with Crippen LogP contribution in [0.1, 0.15) is 425 Å². The minimum Gasteiger partial charge on any atom is -0.394 e. The van der Waals surface area contributed by atoms with Gasteiger partial charge in [-0.25, -0.2) is 0 Å². The molecule has 9 nitrogen and oxygen atoms in total. The second-order valence-electron chi connectivity index (χ2n) is 28.2. The van der Waals surface area contributed by atoms with E-state index in [4.69, 9.17) is 9.47 Å². The highest BCUT2D eigenvalue weighted by atomic mass is 16.7. The van der Waals surface area contributed by atoms with Crippen LogP contribution in [0.25, 0.3) is 0 Å². The Morgan fingerprint density at radius 3 is 0.944 bits per heavy atom. The fourth-order valence-corrected chi connectivity index (χ4v) is 13.3. The van der Waals surface area contributed by atoms with Gasteiger partial charge in [0.15, 0.2) is 6.29 Å². The van der Waals surface area contributed by atoms with Gasteiger partial charge in [-0.05, 0) is 32.1 Å². The molecule has 1 aliphatic heterocycles. The van der Waals surface area contributed by atoms with Crippen molar-refractivity contribution in [3.63, 3.8) is 0 Å². The molecule has 6 N–H and O–H groups in total. The first-order chi connectivity index (χ1) is 43.8. The molecule has 528 valence electrons. The molecule has 0 aromatic carbocycles. The number of aliphatic hydroxyl groups is 5. The van der Waals surface area contributed by atoms with Crippen LogP contribution in [0.5, 0.6) is 0 Å². The molecule has 0 spiro atoms. The van der Waals surface area contributed by atoms with E-state index in [2.05, 4.69) is 31.3 Å². The molecule has 9 heteroatoms. The maximum absolute atomic E-state index is 13.2. The number of amides is 1. The molecule has 89 heavy (non-hydrogen) atoms. The van der Waals surface area contributed by atoms with E-state index in [0.717, 1.165) is 38.5 Å². The number of hydrogen-bond acceptors (Lipinski definition) is 8. The number of carbonyl (C=O) groups is 1. The number of carbonyl (C=O) groups excluding carboxylic acids is 1. The molecule has 7 atom stereocenters. The Morgan fingerprint density at radius 2 is 0.640 bits per heavy atom. The standard InChI is InChI=1S/C80H155NO8/c1-3-5-7-9-11-13-15-17-19-21-23-25-27-29-31-32-33-34-35-36-37-38-39-40-41-42-44-46-48-50-52-54-56-58-60-62-64-66-68-70-76(84)81-73(72-88-80-79(87)78(86)77(85)75(71-82)89-80)74(83)69-67-65-63-61-59-57-55-53-51-49-47-45-43-30-28-26-24-22-20-18-16-14-12-10-8-6-4-2/h59,61,67,69,73-75,77-80,82-83,85-87H,3-58,60,62-66,68,70-72H2,1-2H3,(H,81,84)/b61-59+,69-67+. The Labute approximate surface area is 553 Å².